The van der Waals surface area contributed by atoms with Crippen molar-refractivity contribution in [2.24, 2.45) is 0 Å². The number of hydrogen-bond donors (Lipinski definition) is 1. The summed E-state index contributed by atoms with van der Waals surface area (Å²) in [6.07, 6.45) is 0.724. The Kier molecular flexibility index (Phi) is 4.75. The zero-order valence-electron chi connectivity index (χ0n) is 14.8. The number of nitrogens with zero attached hydrogens (tertiary/aromatic N) is 3. The largest absolute Gasteiger partial charge is 0.448 e. The van der Waals surface area contributed by atoms with Crippen molar-refractivity contribution >= 4 is 17.4 Å². The summed E-state index contributed by atoms with van der Waals surface area (Å²) in [6, 6.07) is 16.2. The molecule has 0 aliphatic carbocycles. The fourth-order valence-electron chi connectivity index (χ4n) is 2.92. The number of aromatic nitrogens is 3. The van der Waals surface area contributed by atoms with E-state index in [0.717, 1.165) is 34.6 Å². The van der Waals surface area contributed by atoms with Crippen LogP contribution in [-0.2, 0) is 0 Å². The third-order valence-corrected chi connectivity index (χ3v) is 5.28. The normalized spacial score (nSPS) is 15.2. The first-order valence-electron chi connectivity index (χ1n) is 8.72. The predicted molar refractivity (Wildman–Crippen MR) is 104 cm³/mol. The molecule has 0 unspecified atom stereocenters. The highest BCUT2D eigenvalue weighted by molar-refractivity contribution is 7.99. The van der Waals surface area contributed by atoms with Gasteiger partial charge < -0.3 is 10.1 Å². The minimum atomic E-state index is -0.334. The van der Waals surface area contributed by atoms with Gasteiger partial charge in [0.15, 0.2) is 11.9 Å². The molecule has 5 nitrogen and oxygen atoms in total. The molecule has 0 bridgehead atoms. The minimum absolute atomic E-state index is 0.334. The second kappa shape index (κ2) is 7.33. The van der Waals surface area contributed by atoms with Gasteiger partial charge >= 0.3 is 0 Å². The third-order valence-electron chi connectivity index (χ3n) is 4.24. The van der Waals surface area contributed by atoms with Gasteiger partial charge in [-0.1, -0.05) is 61.2 Å². The molecule has 1 aromatic heterocycles. The van der Waals surface area contributed by atoms with Crippen molar-refractivity contribution in [3.63, 3.8) is 0 Å². The van der Waals surface area contributed by atoms with Crippen LogP contribution in [0.2, 0.25) is 0 Å². The van der Waals surface area contributed by atoms with Crippen LogP contribution in [0.25, 0.3) is 11.3 Å². The number of thioether (sulfide) groups is 1. The van der Waals surface area contributed by atoms with E-state index in [1.54, 1.807) is 11.8 Å². The van der Waals surface area contributed by atoms with Crippen LogP contribution in [0.15, 0.2) is 53.7 Å². The molecule has 2 aromatic carbocycles. The molecular formula is C20H20N4OS. The maximum atomic E-state index is 6.29. The van der Waals surface area contributed by atoms with Crippen molar-refractivity contribution in [3.05, 3.63) is 59.7 Å². The lowest BCUT2D eigenvalue weighted by Gasteiger charge is -2.20. The van der Waals surface area contributed by atoms with Crippen LogP contribution in [-0.4, -0.2) is 20.9 Å². The number of aryl methyl sites for hydroxylation is 1. The van der Waals surface area contributed by atoms with Gasteiger partial charge in [0, 0.05) is 22.6 Å². The zero-order chi connectivity index (χ0) is 17.9. The van der Waals surface area contributed by atoms with Gasteiger partial charge in [0.1, 0.15) is 0 Å². The Balaban J connectivity index is 1.81. The van der Waals surface area contributed by atoms with Gasteiger partial charge in [-0.25, -0.2) is 0 Å². The first-order valence-corrected chi connectivity index (χ1v) is 9.70. The second-order valence-electron chi connectivity index (χ2n) is 6.14. The van der Waals surface area contributed by atoms with Crippen LogP contribution in [0.4, 0.5) is 5.69 Å². The number of para-hydroxylation sites is 1. The van der Waals surface area contributed by atoms with Crippen LogP contribution in [0.5, 0.6) is 5.88 Å². The van der Waals surface area contributed by atoms with Gasteiger partial charge in [0.2, 0.25) is 11.0 Å². The second-order valence-corrected chi connectivity index (χ2v) is 7.20. The fourth-order valence-corrected chi connectivity index (χ4v) is 3.56. The monoisotopic (exact) mass is 364 g/mol. The van der Waals surface area contributed by atoms with E-state index in [4.69, 9.17) is 4.74 Å². The Morgan fingerprint density at radius 3 is 2.73 bits per heavy atom. The summed E-state index contributed by atoms with van der Waals surface area (Å²) in [5.41, 5.74) is 4.82. The lowest BCUT2D eigenvalue weighted by Crippen LogP contribution is -2.18. The van der Waals surface area contributed by atoms with Gasteiger partial charge in [-0.2, -0.15) is 4.98 Å². The highest BCUT2D eigenvalue weighted by atomic mass is 32.2. The van der Waals surface area contributed by atoms with E-state index in [1.807, 2.05) is 36.4 Å². The van der Waals surface area contributed by atoms with E-state index in [0.29, 0.717) is 16.7 Å². The van der Waals surface area contributed by atoms with Crippen molar-refractivity contribution in [2.45, 2.75) is 31.7 Å². The van der Waals surface area contributed by atoms with Gasteiger partial charge in [-0.05, 0) is 25.0 Å². The molecule has 1 atom stereocenters. The Morgan fingerprint density at radius 1 is 1.08 bits per heavy atom. The summed E-state index contributed by atoms with van der Waals surface area (Å²) in [5, 5.41) is 12.8. The Morgan fingerprint density at radius 2 is 1.88 bits per heavy atom. The molecular weight excluding hydrogens is 344 g/mol. The first-order chi connectivity index (χ1) is 12.8. The summed E-state index contributed by atoms with van der Waals surface area (Å²) in [7, 11) is 0. The molecule has 3 aromatic rings. The van der Waals surface area contributed by atoms with Crippen molar-refractivity contribution < 1.29 is 4.74 Å². The molecule has 132 valence electrons. The van der Waals surface area contributed by atoms with Gasteiger partial charge in [-0.15, -0.1) is 10.2 Å². The number of nitrogens with one attached hydrogen (secondary N) is 1. The van der Waals surface area contributed by atoms with E-state index < -0.39 is 0 Å². The van der Waals surface area contributed by atoms with Gasteiger partial charge in [-0.3, -0.25) is 0 Å². The van der Waals surface area contributed by atoms with E-state index in [-0.39, 0.29) is 6.23 Å². The number of ether oxygens (including phenoxy) is 1. The van der Waals surface area contributed by atoms with Crippen LogP contribution in [0.1, 0.15) is 30.7 Å². The van der Waals surface area contributed by atoms with Gasteiger partial charge in [0.05, 0.1) is 0 Å². The van der Waals surface area contributed by atoms with Crippen LogP contribution in [0, 0.1) is 6.92 Å². The molecule has 0 radical (unpaired) electrons. The number of hydrogen-bond acceptors (Lipinski definition) is 6. The number of benzene rings is 2. The molecule has 0 spiro atoms. The van der Waals surface area contributed by atoms with Crippen molar-refractivity contribution in [3.8, 4) is 17.1 Å². The van der Waals surface area contributed by atoms with Crippen molar-refractivity contribution in [2.75, 3.05) is 11.1 Å². The highest BCUT2D eigenvalue weighted by Crippen LogP contribution is 2.39. The molecule has 0 saturated heterocycles. The van der Waals surface area contributed by atoms with E-state index >= 15 is 0 Å². The molecule has 1 N–H and O–H groups in total. The Bertz CT molecular complexity index is 931. The van der Waals surface area contributed by atoms with Gasteiger partial charge in [0.25, 0.3) is 0 Å². The Hall–Kier alpha value is -2.60. The predicted octanol–water partition coefficient (Wildman–Crippen LogP) is 4.85. The molecule has 26 heavy (non-hydrogen) atoms. The fraction of sp³-hybridized carbons (Fsp3) is 0.250. The highest BCUT2D eigenvalue weighted by Gasteiger charge is 2.26. The zero-order valence-corrected chi connectivity index (χ0v) is 15.6. The smallest absolute Gasteiger partial charge is 0.247 e. The lowest BCUT2D eigenvalue weighted by molar-refractivity contribution is 0.224. The lowest BCUT2D eigenvalue weighted by atomic mass is 10.1. The van der Waals surface area contributed by atoms with Crippen molar-refractivity contribution in [1.82, 2.24) is 15.2 Å². The third kappa shape index (κ3) is 3.24. The SMILES string of the molecule is CCCSc1nnc2c(n1)O[C@@H](c1ccccc1C)Nc1ccccc1-2. The molecule has 1 aliphatic rings. The standard InChI is InChI=1S/C20H20N4OS/c1-3-12-26-20-22-19-17(23-24-20)15-10-6-7-11-16(15)21-18(25-19)14-9-5-4-8-13(14)2/h4-11,18,21H,3,12H2,1-2H3/t18-/m0/s1. The quantitative estimate of drug-likeness (QED) is 0.668. The average Bonchev–Trinajstić information content (AvgIpc) is 2.83. The number of fused-ring (bicyclic) bond motifs is 3. The first kappa shape index (κ1) is 16.8. The van der Waals surface area contributed by atoms with E-state index in [1.165, 1.54) is 0 Å². The molecule has 0 fully saturated rings. The summed E-state index contributed by atoms with van der Waals surface area (Å²) < 4.78 is 6.29. The summed E-state index contributed by atoms with van der Waals surface area (Å²) >= 11 is 1.60. The summed E-state index contributed by atoms with van der Waals surface area (Å²) in [5.74, 6) is 1.47. The summed E-state index contributed by atoms with van der Waals surface area (Å²) in [4.78, 5) is 4.64. The van der Waals surface area contributed by atoms with Crippen LogP contribution in [0.3, 0.4) is 0 Å². The average molecular weight is 364 g/mol. The van der Waals surface area contributed by atoms with Crippen LogP contribution >= 0.6 is 11.8 Å². The minimum Gasteiger partial charge on any atom is -0.448 e. The molecule has 0 amide bonds. The molecule has 4 rings (SSSR count). The maximum absolute atomic E-state index is 6.29. The van der Waals surface area contributed by atoms with E-state index in [9.17, 15) is 0 Å². The summed E-state index contributed by atoms with van der Waals surface area (Å²) in [6.45, 7) is 4.22. The maximum Gasteiger partial charge on any atom is 0.247 e. The number of anilines is 1. The topological polar surface area (TPSA) is 59.9 Å². The Labute approximate surface area is 157 Å². The number of rotatable bonds is 4. The molecule has 1 aliphatic heterocycles. The molecule has 6 heteroatoms. The van der Waals surface area contributed by atoms with Crippen molar-refractivity contribution in [1.29, 1.82) is 0 Å². The van der Waals surface area contributed by atoms with E-state index in [2.05, 4.69) is 46.5 Å². The van der Waals surface area contributed by atoms with Crippen LogP contribution < -0.4 is 10.1 Å². The molecule has 0 saturated carbocycles. The molecule has 2 heterocycles.